The molecule has 0 bridgehead atoms. The molecule has 2 aromatic rings. The molecule has 1 aromatic carbocycles. The highest BCUT2D eigenvalue weighted by molar-refractivity contribution is 7.17. The minimum Gasteiger partial charge on any atom is -0.462 e. The maximum Gasteiger partial charge on any atom is 0.350 e. The van der Waals surface area contributed by atoms with Crippen LogP contribution in [0.5, 0.6) is 0 Å². The molecule has 0 amide bonds. The first kappa shape index (κ1) is 16.1. The second-order valence-electron chi connectivity index (χ2n) is 3.90. The van der Waals surface area contributed by atoms with E-state index in [-0.39, 0.29) is 11.7 Å². The highest BCUT2D eigenvalue weighted by Gasteiger charge is 2.31. The number of aromatic nitrogens is 1. The molecule has 0 aliphatic heterocycles. The Hall–Kier alpha value is -2.23. The van der Waals surface area contributed by atoms with Crippen molar-refractivity contribution in [3.05, 3.63) is 34.0 Å². The Morgan fingerprint density at radius 2 is 1.59 bits per heavy atom. The van der Waals surface area contributed by atoms with Crippen molar-refractivity contribution in [2.75, 3.05) is 12.3 Å². The molecule has 0 spiro atoms. The van der Waals surface area contributed by atoms with Gasteiger partial charge in [-0.05, 0) is 6.92 Å². The molecule has 22 heavy (non-hydrogen) atoms. The first-order valence-electron chi connectivity index (χ1n) is 5.74. The summed E-state index contributed by atoms with van der Waals surface area (Å²) in [5, 5.41) is -0.290. The fourth-order valence-corrected chi connectivity index (χ4v) is 2.39. The van der Waals surface area contributed by atoms with Crippen molar-refractivity contribution < 1.29 is 31.5 Å². The lowest BCUT2D eigenvalue weighted by Crippen LogP contribution is -2.08. The minimum absolute atomic E-state index is 0.0623. The van der Waals surface area contributed by atoms with Crippen LogP contribution in [-0.2, 0) is 4.74 Å². The lowest BCUT2D eigenvalue weighted by molar-refractivity contribution is 0.0532. The maximum absolute atomic E-state index is 13.8. The Kier molecular flexibility index (Phi) is 4.31. The van der Waals surface area contributed by atoms with Crippen LogP contribution in [-0.4, -0.2) is 17.6 Å². The van der Waals surface area contributed by atoms with Crippen LogP contribution in [0.25, 0.3) is 11.3 Å². The van der Waals surface area contributed by atoms with Gasteiger partial charge < -0.3 is 10.5 Å². The number of carbonyl (C=O) groups is 1. The van der Waals surface area contributed by atoms with E-state index >= 15 is 0 Å². The Morgan fingerprint density at radius 1 is 1.09 bits per heavy atom. The molecule has 2 rings (SSSR count). The van der Waals surface area contributed by atoms with Crippen molar-refractivity contribution >= 4 is 22.4 Å². The molecule has 10 heteroatoms. The second-order valence-corrected chi connectivity index (χ2v) is 4.93. The predicted octanol–water partition coefficient (Wildman–Crippen LogP) is 3.26. The quantitative estimate of drug-likeness (QED) is 0.404. The topological polar surface area (TPSA) is 65.2 Å². The van der Waals surface area contributed by atoms with E-state index in [1.165, 1.54) is 6.92 Å². The van der Waals surface area contributed by atoms with Crippen molar-refractivity contribution in [3.8, 4) is 11.3 Å². The third kappa shape index (κ3) is 2.49. The Balaban J connectivity index is 2.76. The number of nitrogens with zero attached hydrogens (tertiary/aromatic N) is 1. The molecule has 0 aliphatic carbocycles. The normalized spacial score (nSPS) is 10.8. The van der Waals surface area contributed by atoms with Gasteiger partial charge in [0, 0.05) is 0 Å². The number of rotatable bonds is 3. The number of nitrogen functional groups attached to an aromatic ring is 1. The van der Waals surface area contributed by atoms with E-state index in [0.29, 0.717) is 11.3 Å². The van der Waals surface area contributed by atoms with E-state index in [2.05, 4.69) is 9.72 Å². The number of halogens is 5. The third-order valence-electron chi connectivity index (χ3n) is 2.55. The molecular formula is C12H7F5N2O2S. The highest BCUT2D eigenvalue weighted by Crippen LogP contribution is 2.36. The van der Waals surface area contributed by atoms with Gasteiger partial charge in [-0.25, -0.2) is 31.7 Å². The van der Waals surface area contributed by atoms with Crippen molar-refractivity contribution in [2.24, 2.45) is 0 Å². The summed E-state index contributed by atoms with van der Waals surface area (Å²) in [5.74, 6) is -11.8. The highest BCUT2D eigenvalue weighted by atomic mass is 32.1. The molecule has 0 fully saturated rings. The molecule has 118 valence electrons. The number of hydrogen-bond acceptors (Lipinski definition) is 5. The number of hydrogen-bond donors (Lipinski definition) is 1. The number of esters is 1. The SMILES string of the molecule is CCOC(=O)c1sc(N)nc1-c1c(F)c(F)c(F)c(F)c1F. The van der Waals surface area contributed by atoms with Gasteiger partial charge in [-0.15, -0.1) is 0 Å². The van der Waals surface area contributed by atoms with Crippen LogP contribution in [0.15, 0.2) is 0 Å². The van der Waals surface area contributed by atoms with Crippen LogP contribution >= 0.6 is 11.3 Å². The standard InChI is InChI=1S/C12H7F5N2O2S/c1-2-21-11(20)10-9(19-12(18)22-10)3-4(13)6(15)8(17)7(16)5(3)14/h2H2,1H3,(H2,18,19). The van der Waals surface area contributed by atoms with Gasteiger partial charge in [0.05, 0.1) is 12.2 Å². The summed E-state index contributed by atoms with van der Waals surface area (Å²) in [5.41, 5.74) is 3.27. The van der Waals surface area contributed by atoms with Crippen LogP contribution in [0.2, 0.25) is 0 Å². The summed E-state index contributed by atoms with van der Waals surface area (Å²) in [6, 6.07) is 0. The predicted molar refractivity (Wildman–Crippen MR) is 67.7 cm³/mol. The third-order valence-corrected chi connectivity index (χ3v) is 3.42. The van der Waals surface area contributed by atoms with E-state index in [1.807, 2.05) is 0 Å². The van der Waals surface area contributed by atoms with E-state index < -0.39 is 51.2 Å². The number of anilines is 1. The van der Waals surface area contributed by atoms with E-state index in [1.54, 1.807) is 0 Å². The largest absolute Gasteiger partial charge is 0.462 e. The monoisotopic (exact) mass is 338 g/mol. The molecule has 0 atom stereocenters. The van der Waals surface area contributed by atoms with Crippen molar-refractivity contribution in [1.82, 2.24) is 4.98 Å². The summed E-state index contributed by atoms with van der Waals surface area (Å²) in [4.78, 5) is 14.7. The van der Waals surface area contributed by atoms with Crippen LogP contribution < -0.4 is 5.73 Å². The number of benzene rings is 1. The van der Waals surface area contributed by atoms with Gasteiger partial charge in [-0.1, -0.05) is 11.3 Å². The molecular weight excluding hydrogens is 331 g/mol. The smallest absolute Gasteiger partial charge is 0.350 e. The number of nitrogens with two attached hydrogens (primary N) is 1. The van der Waals surface area contributed by atoms with Crippen molar-refractivity contribution in [1.29, 1.82) is 0 Å². The fraction of sp³-hybridized carbons (Fsp3) is 0.167. The van der Waals surface area contributed by atoms with Crippen LogP contribution in [0.4, 0.5) is 27.1 Å². The van der Waals surface area contributed by atoms with Crippen molar-refractivity contribution in [3.63, 3.8) is 0 Å². The number of carbonyl (C=O) groups excluding carboxylic acids is 1. The zero-order valence-corrected chi connectivity index (χ0v) is 11.7. The first-order valence-corrected chi connectivity index (χ1v) is 6.56. The molecule has 0 radical (unpaired) electrons. The molecule has 0 saturated heterocycles. The van der Waals surface area contributed by atoms with Crippen LogP contribution in [0.1, 0.15) is 16.6 Å². The summed E-state index contributed by atoms with van der Waals surface area (Å²) < 4.78 is 71.7. The van der Waals surface area contributed by atoms with E-state index in [4.69, 9.17) is 5.73 Å². The second kappa shape index (κ2) is 5.87. The van der Waals surface area contributed by atoms with E-state index in [0.717, 1.165) is 0 Å². The van der Waals surface area contributed by atoms with Crippen LogP contribution in [0.3, 0.4) is 0 Å². The summed E-state index contributed by atoms with van der Waals surface area (Å²) in [6.45, 7) is 1.41. The fourth-order valence-electron chi connectivity index (χ4n) is 1.65. The van der Waals surface area contributed by atoms with Gasteiger partial charge in [-0.2, -0.15) is 0 Å². The molecule has 4 nitrogen and oxygen atoms in total. The Morgan fingerprint density at radius 3 is 2.09 bits per heavy atom. The molecule has 0 unspecified atom stereocenters. The summed E-state index contributed by atoms with van der Waals surface area (Å²) >= 11 is 0.511. The molecule has 1 heterocycles. The molecule has 2 N–H and O–H groups in total. The first-order chi connectivity index (χ1) is 10.3. The van der Waals surface area contributed by atoms with Crippen molar-refractivity contribution in [2.45, 2.75) is 6.92 Å². The summed E-state index contributed by atoms with van der Waals surface area (Å²) in [6.07, 6.45) is 0. The zero-order chi connectivity index (χ0) is 16.6. The van der Waals surface area contributed by atoms with Gasteiger partial charge in [0.1, 0.15) is 10.6 Å². The lowest BCUT2D eigenvalue weighted by atomic mass is 10.1. The van der Waals surface area contributed by atoms with Gasteiger partial charge in [0.2, 0.25) is 5.82 Å². The van der Waals surface area contributed by atoms with E-state index in [9.17, 15) is 26.7 Å². The molecule has 1 aromatic heterocycles. The molecule has 0 saturated carbocycles. The van der Waals surface area contributed by atoms with Gasteiger partial charge in [-0.3, -0.25) is 0 Å². The average Bonchev–Trinajstić information content (AvgIpc) is 2.85. The lowest BCUT2D eigenvalue weighted by Gasteiger charge is -2.07. The Labute approximate surface area is 124 Å². The van der Waals surface area contributed by atoms with Gasteiger partial charge >= 0.3 is 5.97 Å². The minimum atomic E-state index is -2.31. The Bertz CT molecular complexity index is 733. The average molecular weight is 338 g/mol. The molecule has 0 aliphatic rings. The van der Waals surface area contributed by atoms with Gasteiger partial charge in [0.25, 0.3) is 0 Å². The number of ether oxygens (including phenoxy) is 1. The van der Waals surface area contributed by atoms with Gasteiger partial charge in [0.15, 0.2) is 28.4 Å². The summed E-state index contributed by atoms with van der Waals surface area (Å²) in [7, 11) is 0. The van der Waals surface area contributed by atoms with Crippen LogP contribution in [0, 0.1) is 29.1 Å². The number of thiazole rings is 1. The zero-order valence-electron chi connectivity index (χ0n) is 10.8. The maximum atomic E-state index is 13.8.